The highest BCUT2D eigenvalue weighted by molar-refractivity contribution is 14.0. The molecule has 3 rings (SSSR count). The zero-order valence-electron chi connectivity index (χ0n) is 16.9. The first kappa shape index (κ1) is 22.6. The maximum Gasteiger partial charge on any atom is 0.410 e. The van der Waals surface area contributed by atoms with Crippen LogP contribution in [0.5, 0.6) is 5.75 Å². The van der Waals surface area contributed by atoms with E-state index < -0.39 is 5.60 Å². The van der Waals surface area contributed by atoms with E-state index in [0.717, 1.165) is 31.2 Å². The van der Waals surface area contributed by atoms with Gasteiger partial charge in [0.1, 0.15) is 11.4 Å². The molecule has 7 nitrogen and oxygen atoms in total. The van der Waals surface area contributed by atoms with Gasteiger partial charge in [0.15, 0.2) is 5.96 Å². The summed E-state index contributed by atoms with van der Waals surface area (Å²) in [6, 6.07) is 10.1. The Balaban J connectivity index is 0.00000280. The van der Waals surface area contributed by atoms with E-state index >= 15 is 0 Å². The molecule has 0 bridgehead atoms. The third-order valence-corrected chi connectivity index (χ3v) is 4.47. The number of carbonyl (C=O) groups is 1. The normalized spacial score (nSPS) is 18.7. The lowest BCUT2D eigenvalue weighted by atomic mass is 10.2. The molecule has 1 atom stereocenters. The molecular formula is C20H31IN4O3. The van der Waals surface area contributed by atoms with Crippen molar-refractivity contribution in [2.24, 2.45) is 4.99 Å². The van der Waals surface area contributed by atoms with Crippen molar-refractivity contribution in [3.8, 4) is 5.75 Å². The highest BCUT2D eigenvalue weighted by Gasteiger charge is 2.36. The second kappa shape index (κ2) is 10.2. The van der Waals surface area contributed by atoms with Crippen molar-refractivity contribution in [3.05, 3.63) is 30.3 Å². The third kappa shape index (κ3) is 6.42. The van der Waals surface area contributed by atoms with Gasteiger partial charge in [-0.15, -0.1) is 24.0 Å². The smallest absolute Gasteiger partial charge is 0.410 e. The number of nitrogens with one attached hydrogen (secondary N) is 1. The summed E-state index contributed by atoms with van der Waals surface area (Å²) in [5.74, 6) is 1.83. The molecule has 8 heteroatoms. The maximum atomic E-state index is 12.3. The number of hydrogen-bond donors (Lipinski definition) is 1. The van der Waals surface area contributed by atoms with E-state index in [1.807, 2.05) is 51.1 Å². The van der Waals surface area contributed by atoms with E-state index in [1.54, 1.807) is 4.90 Å². The second-order valence-corrected chi connectivity index (χ2v) is 7.88. The molecule has 0 aromatic heterocycles. The lowest BCUT2D eigenvalue weighted by Gasteiger charge is -2.39. The minimum absolute atomic E-state index is 0. The van der Waals surface area contributed by atoms with E-state index in [0.29, 0.717) is 26.2 Å². The fourth-order valence-electron chi connectivity index (χ4n) is 3.20. The minimum Gasteiger partial charge on any atom is -0.494 e. The van der Waals surface area contributed by atoms with Crippen LogP contribution in [0, 0.1) is 0 Å². The Kier molecular flexibility index (Phi) is 8.21. The van der Waals surface area contributed by atoms with Crippen molar-refractivity contribution in [1.29, 1.82) is 0 Å². The molecule has 1 aromatic carbocycles. The standard InChI is InChI=1S/C20H30N4O3.HI/c1-20(2,3)27-19(25)23-11-12-24-16(15-23)14-22-18(24)21-10-7-13-26-17-8-5-4-6-9-17;/h4-6,8-9,16H,7,10-15H2,1-3H3,(H,21,22);1H. The average molecular weight is 502 g/mol. The lowest BCUT2D eigenvalue weighted by molar-refractivity contribution is 0.0137. The monoisotopic (exact) mass is 502 g/mol. The van der Waals surface area contributed by atoms with Gasteiger partial charge in [-0.05, 0) is 39.3 Å². The third-order valence-electron chi connectivity index (χ3n) is 4.47. The Labute approximate surface area is 184 Å². The van der Waals surface area contributed by atoms with Gasteiger partial charge in [-0.1, -0.05) is 18.2 Å². The van der Waals surface area contributed by atoms with Crippen LogP contribution >= 0.6 is 24.0 Å². The first-order valence-corrected chi connectivity index (χ1v) is 9.63. The van der Waals surface area contributed by atoms with E-state index in [-0.39, 0.29) is 36.1 Å². The van der Waals surface area contributed by atoms with Crippen LogP contribution in [0.4, 0.5) is 4.79 Å². The molecule has 1 saturated heterocycles. The molecule has 1 aromatic rings. The lowest BCUT2D eigenvalue weighted by Crippen LogP contribution is -2.57. The molecule has 2 aliphatic rings. The first-order chi connectivity index (χ1) is 12.9. The van der Waals surface area contributed by atoms with E-state index in [1.165, 1.54) is 0 Å². The number of benzene rings is 1. The van der Waals surface area contributed by atoms with Gasteiger partial charge in [-0.25, -0.2) is 4.79 Å². The van der Waals surface area contributed by atoms with Crippen LogP contribution in [0.2, 0.25) is 0 Å². The van der Waals surface area contributed by atoms with Gasteiger partial charge < -0.3 is 24.6 Å². The number of aliphatic imine (C=N–C) groups is 1. The molecule has 156 valence electrons. The van der Waals surface area contributed by atoms with Crippen molar-refractivity contribution < 1.29 is 14.3 Å². The molecule has 28 heavy (non-hydrogen) atoms. The molecule has 2 heterocycles. The summed E-state index contributed by atoms with van der Waals surface area (Å²) in [6.07, 6.45) is 0.665. The molecule has 1 unspecified atom stereocenters. The van der Waals surface area contributed by atoms with Crippen molar-refractivity contribution in [1.82, 2.24) is 15.1 Å². The van der Waals surface area contributed by atoms with E-state index in [9.17, 15) is 4.79 Å². The predicted octanol–water partition coefficient (Wildman–Crippen LogP) is 2.95. The fraction of sp³-hybridized carbons (Fsp3) is 0.600. The fourth-order valence-corrected chi connectivity index (χ4v) is 3.20. The van der Waals surface area contributed by atoms with Crippen LogP contribution in [-0.4, -0.2) is 72.8 Å². The quantitative estimate of drug-likeness (QED) is 0.496. The number of rotatable bonds is 5. The first-order valence-electron chi connectivity index (χ1n) is 9.63. The van der Waals surface area contributed by atoms with Crippen molar-refractivity contribution in [2.45, 2.75) is 38.8 Å². The number of ether oxygens (including phenoxy) is 2. The second-order valence-electron chi connectivity index (χ2n) is 7.88. The van der Waals surface area contributed by atoms with Gasteiger partial charge in [0, 0.05) is 26.2 Å². The van der Waals surface area contributed by atoms with Crippen LogP contribution in [0.3, 0.4) is 0 Å². The SMILES string of the molecule is CC(C)(C)OC(=O)N1CCN2C(NCCCOc3ccccc3)=NCC2C1.I. The van der Waals surface area contributed by atoms with Gasteiger partial charge in [-0.3, -0.25) is 4.99 Å². The van der Waals surface area contributed by atoms with Crippen molar-refractivity contribution >= 4 is 36.0 Å². The molecule has 1 amide bonds. The summed E-state index contributed by atoms with van der Waals surface area (Å²) in [6.45, 7) is 9.95. The molecular weight excluding hydrogens is 471 g/mol. The Morgan fingerprint density at radius 3 is 2.71 bits per heavy atom. The van der Waals surface area contributed by atoms with Crippen molar-refractivity contribution in [2.75, 3.05) is 39.3 Å². The number of fused-ring (bicyclic) bond motifs is 1. The van der Waals surface area contributed by atoms with Gasteiger partial charge in [0.05, 0.1) is 19.2 Å². The summed E-state index contributed by atoms with van der Waals surface area (Å²) >= 11 is 0. The number of amides is 1. The zero-order chi connectivity index (χ0) is 19.3. The number of piperazine rings is 1. The number of para-hydroxylation sites is 1. The minimum atomic E-state index is -0.463. The summed E-state index contributed by atoms with van der Waals surface area (Å²) in [5.41, 5.74) is -0.463. The average Bonchev–Trinajstić information content (AvgIpc) is 3.03. The highest BCUT2D eigenvalue weighted by atomic mass is 127. The van der Waals surface area contributed by atoms with E-state index in [4.69, 9.17) is 9.47 Å². The summed E-state index contributed by atoms with van der Waals surface area (Å²) in [4.78, 5) is 20.9. The number of hydrogen-bond acceptors (Lipinski definition) is 6. The summed E-state index contributed by atoms with van der Waals surface area (Å²) < 4.78 is 11.2. The molecule has 0 aliphatic carbocycles. The Morgan fingerprint density at radius 2 is 2.00 bits per heavy atom. The van der Waals surface area contributed by atoms with Gasteiger partial charge in [0.2, 0.25) is 0 Å². The Hall–Kier alpha value is -1.71. The van der Waals surface area contributed by atoms with Gasteiger partial charge in [0.25, 0.3) is 0 Å². The van der Waals surface area contributed by atoms with Crippen molar-refractivity contribution in [3.63, 3.8) is 0 Å². The van der Waals surface area contributed by atoms with Crippen LogP contribution in [0.1, 0.15) is 27.2 Å². The molecule has 0 spiro atoms. The number of guanidine groups is 1. The largest absolute Gasteiger partial charge is 0.494 e. The number of nitrogens with zero attached hydrogens (tertiary/aromatic N) is 3. The maximum absolute atomic E-state index is 12.3. The predicted molar refractivity (Wildman–Crippen MR) is 121 cm³/mol. The van der Waals surface area contributed by atoms with Crippen LogP contribution < -0.4 is 10.1 Å². The zero-order valence-corrected chi connectivity index (χ0v) is 19.2. The Bertz CT molecular complexity index is 663. The van der Waals surface area contributed by atoms with Crippen LogP contribution in [0.25, 0.3) is 0 Å². The molecule has 0 saturated carbocycles. The topological polar surface area (TPSA) is 66.4 Å². The highest BCUT2D eigenvalue weighted by Crippen LogP contribution is 2.18. The number of carbonyl (C=O) groups excluding carboxylic acids is 1. The summed E-state index contributed by atoms with van der Waals surface area (Å²) in [5, 5.41) is 3.41. The van der Waals surface area contributed by atoms with Gasteiger partial charge >= 0.3 is 6.09 Å². The van der Waals surface area contributed by atoms with Crippen LogP contribution in [0.15, 0.2) is 35.3 Å². The van der Waals surface area contributed by atoms with E-state index in [2.05, 4.69) is 15.2 Å². The summed E-state index contributed by atoms with van der Waals surface area (Å²) in [7, 11) is 0. The van der Waals surface area contributed by atoms with Crippen LogP contribution in [-0.2, 0) is 4.74 Å². The number of halogens is 1. The molecule has 1 fully saturated rings. The molecule has 1 N–H and O–H groups in total. The van der Waals surface area contributed by atoms with Gasteiger partial charge in [-0.2, -0.15) is 0 Å². The molecule has 0 radical (unpaired) electrons. The Morgan fingerprint density at radius 1 is 1.25 bits per heavy atom. The molecule has 2 aliphatic heterocycles.